The molecule has 1 radical (unpaired) electrons. The second kappa shape index (κ2) is 10.0. The summed E-state index contributed by atoms with van der Waals surface area (Å²) in [6.45, 7) is 0. The number of hydrogen-bond donors (Lipinski definition) is 0. The van der Waals surface area contributed by atoms with E-state index in [1.807, 2.05) is 18.2 Å². The number of aromatic nitrogens is 1. The van der Waals surface area contributed by atoms with Crippen LogP contribution in [0.25, 0.3) is 0 Å². The first-order valence-electron chi connectivity index (χ1n) is 4.39. The third-order valence-corrected chi connectivity index (χ3v) is 2.27. The molecule has 0 aliphatic carbocycles. The molecule has 0 unspecified atom stereocenters. The van der Waals surface area contributed by atoms with Gasteiger partial charge in [0.2, 0.25) is 0 Å². The van der Waals surface area contributed by atoms with Gasteiger partial charge in [-0.05, 0) is 12.1 Å². The molecular weight excluding hydrogens is 436 g/mol. The van der Waals surface area contributed by atoms with E-state index in [-0.39, 0.29) is 17.1 Å². The van der Waals surface area contributed by atoms with Crippen LogP contribution in [0, 0.1) is 0 Å². The number of rotatable bonds is 0. The molecule has 0 bridgehead atoms. The van der Waals surface area contributed by atoms with Crippen LogP contribution in [0.5, 0.6) is 0 Å². The molecule has 0 aliphatic heterocycles. The molecule has 0 spiro atoms. The predicted molar refractivity (Wildman–Crippen MR) is 55.7 cm³/mol. The summed E-state index contributed by atoms with van der Waals surface area (Å²) >= 11 is 0. The van der Waals surface area contributed by atoms with Crippen molar-refractivity contribution in [1.29, 1.82) is 0 Å². The maximum atomic E-state index is 10.7. The van der Waals surface area contributed by atoms with Gasteiger partial charge >= 0.3 is 28.1 Å². The van der Waals surface area contributed by atoms with Gasteiger partial charge in [-0.15, -0.1) is 0 Å². The van der Waals surface area contributed by atoms with Gasteiger partial charge in [-0.3, -0.25) is 4.98 Å². The summed E-state index contributed by atoms with van der Waals surface area (Å²) in [5.41, 5.74) is -11.3. The van der Waals surface area contributed by atoms with Crippen LogP contribution in [0.4, 0.5) is 26.3 Å². The van der Waals surface area contributed by atoms with E-state index in [1.54, 1.807) is 12.4 Å². The first kappa shape index (κ1) is 26.9. The maximum absolute atomic E-state index is 10.7. The van der Waals surface area contributed by atoms with Crippen molar-refractivity contribution < 1.29 is 69.4 Å². The Morgan fingerprint density at radius 1 is 0.696 bits per heavy atom. The van der Waals surface area contributed by atoms with Crippen molar-refractivity contribution in [2.24, 2.45) is 0 Å². The van der Waals surface area contributed by atoms with E-state index in [0.29, 0.717) is 0 Å². The van der Waals surface area contributed by atoms with E-state index in [4.69, 9.17) is 25.9 Å². The van der Waals surface area contributed by atoms with Gasteiger partial charge in [-0.25, -0.2) is 16.8 Å². The minimum Gasteiger partial charge on any atom is -0.741 e. The van der Waals surface area contributed by atoms with Crippen LogP contribution in [0.15, 0.2) is 30.6 Å². The molecule has 7 nitrogen and oxygen atoms in total. The molecule has 1 aromatic heterocycles. The smallest absolute Gasteiger partial charge is 0.741 e. The molecule has 0 aromatic carbocycles. The zero-order chi connectivity index (χ0) is 18.2. The molecule has 0 N–H and O–H groups in total. The van der Waals surface area contributed by atoms with E-state index < -0.39 is 31.3 Å². The second-order valence-corrected chi connectivity index (χ2v) is 5.57. The fourth-order valence-corrected chi connectivity index (χ4v) is 0.313. The fraction of sp³-hybridized carbons (Fsp3) is 0.286. The largest absolute Gasteiger partial charge is 2.00 e. The molecule has 0 amide bonds. The van der Waals surface area contributed by atoms with Crippen LogP contribution < -0.4 is 0 Å². The van der Waals surface area contributed by atoms with E-state index >= 15 is 0 Å². The van der Waals surface area contributed by atoms with E-state index in [1.165, 1.54) is 0 Å². The molecule has 0 atom stereocenters. The SMILES string of the molecule is O=S(=O)([O-])C(F)(F)F.O=S(=O)([O-])C(F)(F)F.[Cu+2].c1ccncc1. The number of alkyl halides is 6. The average Bonchev–Trinajstić information content (AvgIpc) is 2.27. The summed E-state index contributed by atoms with van der Waals surface area (Å²) in [5.74, 6) is 0. The molecule has 1 rings (SSSR count). The van der Waals surface area contributed by atoms with Gasteiger partial charge in [0.25, 0.3) is 0 Å². The monoisotopic (exact) mass is 440 g/mol. The standard InChI is InChI=1S/C5H5N.2CHF3O3S.Cu/c1-2-4-6-5-3-1;2*2-1(3,4)8(5,6)7;/h1-5H;2*(H,5,6,7);/q;;;+2/p-2. The Morgan fingerprint density at radius 3 is 0.957 bits per heavy atom. The first-order valence-corrected chi connectivity index (χ1v) is 7.21. The molecule has 16 heteroatoms. The Morgan fingerprint density at radius 2 is 0.913 bits per heavy atom. The van der Waals surface area contributed by atoms with Crippen molar-refractivity contribution in [2.75, 3.05) is 0 Å². The second-order valence-electron chi connectivity index (χ2n) is 2.82. The Hall–Kier alpha value is -0.931. The zero-order valence-electron chi connectivity index (χ0n) is 10.2. The Balaban J connectivity index is -0.000000257. The minimum atomic E-state index is -6.09. The van der Waals surface area contributed by atoms with Gasteiger partial charge in [-0.2, -0.15) is 26.3 Å². The maximum Gasteiger partial charge on any atom is 2.00 e. The normalized spacial score (nSPS) is 11.8. The van der Waals surface area contributed by atoms with Crippen LogP contribution in [0.2, 0.25) is 0 Å². The van der Waals surface area contributed by atoms with Gasteiger partial charge in [0.1, 0.15) is 0 Å². The van der Waals surface area contributed by atoms with Crippen molar-refractivity contribution in [3.63, 3.8) is 0 Å². The molecule has 0 saturated heterocycles. The van der Waals surface area contributed by atoms with Crippen LogP contribution in [-0.4, -0.2) is 41.9 Å². The summed E-state index contributed by atoms with van der Waals surface area (Å²) in [6, 6.07) is 5.72. The van der Waals surface area contributed by atoms with E-state index in [9.17, 15) is 26.3 Å². The zero-order valence-corrected chi connectivity index (χ0v) is 12.7. The van der Waals surface area contributed by atoms with E-state index in [2.05, 4.69) is 4.98 Å². The molecule has 1 heterocycles. The van der Waals surface area contributed by atoms with Gasteiger partial charge in [0.05, 0.1) is 0 Å². The van der Waals surface area contributed by atoms with Crippen molar-refractivity contribution in [1.82, 2.24) is 4.98 Å². The van der Waals surface area contributed by atoms with Crippen molar-refractivity contribution in [3.05, 3.63) is 30.6 Å². The third-order valence-electron chi connectivity index (χ3n) is 1.13. The van der Waals surface area contributed by atoms with Gasteiger partial charge in [0, 0.05) is 12.4 Å². The summed E-state index contributed by atoms with van der Waals surface area (Å²) in [7, 11) is -12.2. The van der Waals surface area contributed by atoms with Crippen molar-refractivity contribution in [2.45, 2.75) is 11.0 Å². The quantitative estimate of drug-likeness (QED) is 0.256. The van der Waals surface area contributed by atoms with Crippen LogP contribution in [0.1, 0.15) is 0 Å². The first-order chi connectivity index (χ1) is 9.50. The van der Waals surface area contributed by atoms with Crippen molar-refractivity contribution >= 4 is 20.2 Å². The number of hydrogen-bond acceptors (Lipinski definition) is 7. The van der Waals surface area contributed by atoms with Gasteiger partial charge in [0.15, 0.2) is 20.2 Å². The topological polar surface area (TPSA) is 127 Å². The third kappa shape index (κ3) is 14.4. The number of pyridine rings is 1. The number of nitrogens with zero attached hydrogens (tertiary/aromatic N) is 1. The van der Waals surface area contributed by atoms with Crippen LogP contribution >= 0.6 is 0 Å². The molecular formula is C7H5CuF6NO6S2. The summed E-state index contributed by atoms with van der Waals surface area (Å²) in [5, 5.41) is 0. The summed E-state index contributed by atoms with van der Waals surface area (Å²) < 4.78 is 118. The summed E-state index contributed by atoms with van der Waals surface area (Å²) in [4.78, 5) is 3.78. The number of halogens is 6. The Kier molecular flexibility index (Phi) is 11.8. The molecule has 139 valence electrons. The van der Waals surface area contributed by atoms with Gasteiger partial charge in [-0.1, -0.05) is 6.07 Å². The van der Waals surface area contributed by atoms with Crippen molar-refractivity contribution in [3.8, 4) is 0 Å². The van der Waals surface area contributed by atoms with Crippen LogP contribution in [0.3, 0.4) is 0 Å². The van der Waals surface area contributed by atoms with E-state index in [0.717, 1.165) is 0 Å². The van der Waals surface area contributed by atoms with Crippen LogP contribution in [-0.2, 0) is 37.3 Å². The van der Waals surface area contributed by atoms with Gasteiger partial charge < -0.3 is 9.11 Å². The Labute approximate surface area is 136 Å². The molecule has 1 aromatic rings. The molecule has 23 heavy (non-hydrogen) atoms. The minimum absolute atomic E-state index is 0. The predicted octanol–water partition coefficient (Wildman–Crippen LogP) is 1.18. The molecule has 0 fully saturated rings. The average molecular weight is 441 g/mol. The molecule has 0 aliphatic rings. The fourth-order valence-electron chi connectivity index (χ4n) is 0.313. The summed E-state index contributed by atoms with van der Waals surface area (Å²) in [6.07, 6.45) is 3.50. The molecule has 0 saturated carbocycles. The Bertz CT molecular complexity index is 561.